The molecule has 0 aliphatic rings. The molecule has 0 saturated carbocycles. The summed E-state index contributed by atoms with van der Waals surface area (Å²) < 4.78 is 0. The van der Waals surface area contributed by atoms with E-state index in [9.17, 15) is 9.59 Å². The second-order valence-electron chi connectivity index (χ2n) is 7.49. The highest BCUT2D eigenvalue weighted by Gasteiger charge is 2.14. The van der Waals surface area contributed by atoms with Crippen LogP contribution in [0.5, 0.6) is 0 Å². The summed E-state index contributed by atoms with van der Waals surface area (Å²) in [4.78, 5) is 22.2. The van der Waals surface area contributed by atoms with E-state index in [4.69, 9.17) is 11.5 Å². The first-order valence-electron chi connectivity index (χ1n) is 10.7. The lowest BCUT2D eigenvalue weighted by Gasteiger charge is -2.13. The lowest BCUT2D eigenvalue weighted by molar-refractivity contribution is -0.122. The molecule has 0 aliphatic carbocycles. The SMILES string of the molecule is CCCCCCCCCCCCC(CCCCCCC(N)=O)C(N)=O. The molecule has 0 aromatic carbocycles. The molecule has 0 bridgehead atoms. The van der Waals surface area contributed by atoms with E-state index >= 15 is 0 Å². The van der Waals surface area contributed by atoms with E-state index in [1.807, 2.05) is 0 Å². The van der Waals surface area contributed by atoms with Crippen LogP contribution >= 0.6 is 0 Å². The van der Waals surface area contributed by atoms with Gasteiger partial charge < -0.3 is 11.5 Å². The first kappa shape index (κ1) is 23.9. The van der Waals surface area contributed by atoms with Crippen LogP contribution in [0.2, 0.25) is 0 Å². The Labute approximate surface area is 155 Å². The molecule has 4 nitrogen and oxygen atoms in total. The van der Waals surface area contributed by atoms with Crippen LogP contribution in [0.15, 0.2) is 0 Å². The first-order chi connectivity index (χ1) is 12.1. The largest absolute Gasteiger partial charge is 0.370 e. The molecule has 25 heavy (non-hydrogen) atoms. The van der Waals surface area contributed by atoms with Crippen molar-refractivity contribution in [1.29, 1.82) is 0 Å². The van der Waals surface area contributed by atoms with E-state index in [0.717, 1.165) is 44.9 Å². The maximum atomic E-state index is 11.6. The minimum Gasteiger partial charge on any atom is -0.370 e. The van der Waals surface area contributed by atoms with E-state index in [1.165, 1.54) is 57.8 Å². The Hall–Kier alpha value is -1.06. The Morgan fingerprint density at radius 2 is 1.04 bits per heavy atom. The Morgan fingerprint density at radius 1 is 0.640 bits per heavy atom. The normalized spacial score (nSPS) is 12.2. The Balaban J connectivity index is 3.51. The van der Waals surface area contributed by atoms with Gasteiger partial charge in [-0.05, 0) is 19.3 Å². The van der Waals surface area contributed by atoms with Crippen molar-refractivity contribution in [2.45, 2.75) is 116 Å². The van der Waals surface area contributed by atoms with Crippen LogP contribution in [0.25, 0.3) is 0 Å². The second kappa shape index (κ2) is 17.8. The number of carbonyl (C=O) groups excluding carboxylic acids is 2. The van der Waals surface area contributed by atoms with Crippen molar-refractivity contribution < 1.29 is 9.59 Å². The van der Waals surface area contributed by atoms with Gasteiger partial charge in [-0.1, -0.05) is 90.4 Å². The van der Waals surface area contributed by atoms with E-state index in [-0.39, 0.29) is 17.7 Å². The van der Waals surface area contributed by atoms with Gasteiger partial charge in [0.25, 0.3) is 0 Å². The zero-order valence-corrected chi connectivity index (χ0v) is 16.6. The van der Waals surface area contributed by atoms with Crippen molar-refractivity contribution in [3.05, 3.63) is 0 Å². The van der Waals surface area contributed by atoms with Crippen LogP contribution in [0, 0.1) is 5.92 Å². The molecule has 2 amide bonds. The lowest BCUT2D eigenvalue weighted by Crippen LogP contribution is -2.23. The third-order valence-electron chi connectivity index (χ3n) is 5.03. The van der Waals surface area contributed by atoms with E-state index < -0.39 is 0 Å². The van der Waals surface area contributed by atoms with Crippen molar-refractivity contribution >= 4 is 11.8 Å². The predicted octanol–water partition coefficient (Wildman–Crippen LogP) is 5.22. The van der Waals surface area contributed by atoms with Gasteiger partial charge in [-0.2, -0.15) is 0 Å². The number of hydrogen-bond donors (Lipinski definition) is 2. The molecule has 0 aromatic heterocycles. The minimum absolute atomic E-state index is 0.0326. The quantitative estimate of drug-likeness (QED) is 0.311. The Morgan fingerprint density at radius 3 is 1.44 bits per heavy atom. The molecule has 0 saturated heterocycles. The fourth-order valence-corrected chi connectivity index (χ4v) is 3.35. The number of hydrogen-bond acceptors (Lipinski definition) is 2. The number of amides is 2. The summed E-state index contributed by atoms with van der Waals surface area (Å²) in [5.74, 6) is -0.339. The standard InChI is InChI=1S/C21H42N2O2/c1-2-3-4-5-6-7-8-9-10-13-16-19(21(23)25)17-14-11-12-15-18-20(22)24/h19H,2-18H2,1H3,(H2,22,24)(H2,23,25). The summed E-state index contributed by atoms with van der Waals surface area (Å²) in [5.41, 5.74) is 10.7. The molecular formula is C21H42N2O2. The highest BCUT2D eigenvalue weighted by molar-refractivity contribution is 5.76. The first-order valence-corrected chi connectivity index (χ1v) is 10.7. The summed E-state index contributed by atoms with van der Waals surface area (Å²) >= 11 is 0. The van der Waals surface area contributed by atoms with Crippen LogP contribution in [0.3, 0.4) is 0 Å². The van der Waals surface area contributed by atoms with E-state index in [0.29, 0.717) is 6.42 Å². The van der Waals surface area contributed by atoms with Gasteiger partial charge >= 0.3 is 0 Å². The van der Waals surface area contributed by atoms with Gasteiger partial charge in [0.1, 0.15) is 0 Å². The summed E-state index contributed by atoms with van der Waals surface area (Å²) in [6.45, 7) is 2.25. The Kier molecular flexibility index (Phi) is 17.0. The van der Waals surface area contributed by atoms with Gasteiger partial charge in [0.15, 0.2) is 0 Å². The van der Waals surface area contributed by atoms with Crippen molar-refractivity contribution in [2.24, 2.45) is 17.4 Å². The fourth-order valence-electron chi connectivity index (χ4n) is 3.35. The molecule has 148 valence electrons. The van der Waals surface area contributed by atoms with Crippen LogP contribution in [-0.4, -0.2) is 11.8 Å². The monoisotopic (exact) mass is 354 g/mol. The van der Waals surface area contributed by atoms with Crippen LogP contribution in [0.1, 0.15) is 116 Å². The minimum atomic E-state index is -0.226. The van der Waals surface area contributed by atoms with Crippen molar-refractivity contribution in [2.75, 3.05) is 0 Å². The van der Waals surface area contributed by atoms with Crippen molar-refractivity contribution in [3.63, 3.8) is 0 Å². The van der Waals surface area contributed by atoms with E-state index in [1.54, 1.807) is 0 Å². The van der Waals surface area contributed by atoms with Gasteiger partial charge in [0.05, 0.1) is 0 Å². The summed E-state index contributed by atoms with van der Waals surface area (Å²) in [5, 5.41) is 0. The molecule has 4 heteroatoms. The highest BCUT2D eigenvalue weighted by Crippen LogP contribution is 2.19. The van der Waals surface area contributed by atoms with Crippen molar-refractivity contribution in [1.82, 2.24) is 0 Å². The maximum absolute atomic E-state index is 11.6. The topological polar surface area (TPSA) is 86.2 Å². The predicted molar refractivity (Wildman–Crippen MR) is 106 cm³/mol. The third kappa shape index (κ3) is 17.6. The molecule has 1 unspecified atom stereocenters. The lowest BCUT2D eigenvalue weighted by atomic mass is 9.93. The molecule has 0 aromatic rings. The maximum Gasteiger partial charge on any atom is 0.220 e. The average Bonchev–Trinajstić information content (AvgIpc) is 2.57. The number of carbonyl (C=O) groups is 2. The zero-order chi connectivity index (χ0) is 18.8. The van der Waals surface area contributed by atoms with Gasteiger partial charge in [0, 0.05) is 12.3 Å². The number of primary amides is 2. The molecule has 0 aliphatic heterocycles. The Bertz CT molecular complexity index is 332. The summed E-state index contributed by atoms with van der Waals surface area (Å²) in [7, 11) is 0. The van der Waals surface area contributed by atoms with Crippen LogP contribution in [0.4, 0.5) is 0 Å². The number of nitrogens with two attached hydrogens (primary N) is 2. The van der Waals surface area contributed by atoms with Gasteiger partial charge in [-0.15, -0.1) is 0 Å². The van der Waals surface area contributed by atoms with Gasteiger partial charge in [-0.3, -0.25) is 9.59 Å². The summed E-state index contributed by atoms with van der Waals surface area (Å²) in [6, 6.07) is 0. The summed E-state index contributed by atoms with van der Waals surface area (Å²) in [6.07, 6.45) is 19.4. The molecule has 0 fully saturated rings. The van der Waals surface area contributed by atoms with Gasteiger partial charge in [0.2, 0.25) is 11.8 Å². The fraction of sp³-hybridized carbons (Fsp3) is 0.905. The average molecular weight is 355 g/mol. The second-order valence-corrected chi connectivity index (χ2v) is 7.49. The molecule has 0 rings (SSSR count). The molecule has 0 spiro atoms. The third-order valence-corrected chi connectivity index (χ3v) is 5.03. The smallest absolute Gasteiger partial charge is 0.220 e. The molecular weight excluding hydrogens is 312 g/mol. The van der Waals surface area contributed by atoms with Crippen LogP contribution in [-0.2, 0) is 9.59 Å². The highest BCUT2D eigenvalue weighted by atomic mass is 16.1. The molecule has 4 N–H and O–H groups in total. The van der Waals surface area contributed by atoms with E-state index in [2.05, 4.69) is 6.92 Å². The molecule has 1 atom stereocenters. The molecule has 0 radical (unpaired) electrons. The number of rotatable bonds is 19. The molecule has 0 heterocycles. The van der Waals surface area contributed by atoms with Gasteiger partial charge in [-0.25, -0.2) is 0 Å². The number of unbranched alkanes of at least 4 members (excludes halogenated alkanes) is 12. The zero-order valence-electron chi connectivity index (χ0n) is 16.6. The van der Waals surface area contributed by atoms with Crippen LogP contribution < -0.4 is 11.5 Å². The van der Waals surface area contributed by atoms with Crippen molar-refractivity contribution in [3.8, 4) is 0 Å².